The lowest BCUT2D eigenvalue weighted by atomic mass is 10.3. The minimum absolute atomic E-state index is 0.345. The summed E-state index contributed by atoms with van der Waals surface area (Å²) in [5.74, 6) is -2.18. The molecule has 0 spiro atoms. The number of nitrogen functional groups attached to an aromatic ring is 1. The van der Waals surface area contributed by atoms with Gasteiger partial charge in [0, 0.05) is 19.2 Å². The maximum Gasteiger partial charge on any atom is 0.256 e. The number of hydrogen-bond donors (Lipinski definition) is 2. The molecule has 0 bridgehead atoms. The van der Waals surface area contributed by atoms with E-state index in [2.05, 4.69) is 4.83 Å². The van der Waals surface area contributed by atoms with E-state index in [4.69, 9.17) is 10.5 Å². The van der Waals surface area contributed by atoms with Crippen molar-refractivity contribution in [3.63, 3.8) is 0 Å². The van der Waals surface area contributed by atoms with Crippen LogP contribution in [-0.2, 0) is 14.8 Å². The number of benzene rings is 1. The minimum atomic E-state index is -4.13. The molecule has 0 saturated carbocycles. The molecule has 0 unspecified atom stereocenters. The Hall–Kier alpha value is -1.29. The van der Waals surface area contributed by atoms with E-state index in [1.165, 1.54) is 5.01 Å². The van der Waals surface area contributed by atoms with Crippen LogP contribution in [0, 0.1) is 11.6 Å². The maximum atomic E-state index is 13.5. The van der Waals surface area contributed by atoms with Crippen molar-refractivity contribution < 1.29 is 21.9 Å². The standard InChI is InChI=1S/C10H13F2N3O3S/c11-7-5-8(12)10(6-9(7)13)19(16,17)14-15-1-3-18-4-2-15/h5-6,14H,1-4,13H2. The second-order valence-corrected chi connectivity index (χ2v) is 5.63. The van der Waals surface area contributed by atoms with E-state index >= 15 is 0 Å². The first-order chi connectivity index (χ1) is 8.90. The number of morpholine rings is 1. The number of anilines is 1. The first kappa shape index (κ1) is 14.1. The number of ether oxygens (including phenoxy) is 1. The topological polar surface area (TPSA) is 84.7 Å². The zero-order valence-corrected chi connectivity index (χ0v) is 10.7. The van der Waals surface area contributed by atoms with Crippen molar-refractivity contribution in [3.8, 4) is 0 Å². The molecule has 19 heavy (non-hydrogen) atoms. The molecule has 1 aliphatic heterocycles. The third-order valence-electron chi connectivity index (χ3n) is 2.60. The van der Waals surface area contributed by atoms with Crippen LogP contribution in [0.3, 0.4) is 0 Å². The van der Waals surface area contributed by atoms with Gasteiger partial charge in [-0.2, -0.15) is 0 Å². The van der Waals surface area contributed by atoms with Crippen molar-refractivity contribution in [2.45, 2.75) is 4.90 Å². The van der Waals surface area contributed by atoms with Gasteiger partial charge in [-0.15, -0.1) is 4.83 Å². The summed E-state index contributed by atoms with van der Waals surface area (Å²) >= 11 is 0. The van der Waals surface area contributed by atoms with Gasteiger partial charge in [-0.05, 0) is 6.07 Å². The average molecular weight is 293 g/mol. The summed E-state index contributed by atoms with van der Waals surface area (Å²) in [6, 6.07) is 1.21. The van der Waals surface area contributed by atoms with E-state index in [9.17, 15) is 17.2 Å². The molecule has 0 atom stereocenters. The highest BCUT2D eigenvalue weighted by Gasteiger charge is 2.24. The molecule has 3 N–H and O–H groups in total. The summed E-state index contributed by atoms with van der Waals surface area (Å²) in [7, 11) is -4.13. The van der Waals surface area contributed by atoms with E-state index in [0.29, 0.717) is 32.4 Å². The molecule has 1 aliphatic rings. The van der Waals surface area contributed by atoms with Crippen LogP contribution in [0.1, 0.15) is 0 Å². The van der Waals surface area contributed by atoms with Crippen LogP contribution in [0.5, 0.6) is 0 Å². The average Bonchev–Trinajstić information content (AvgIpc) is 2.34. The Labute approximate surface area is 109 Å². The van der Waals surface area contributed by atoms with Crippen molar-refractivity contribution in [1.82, 2.24) is 9.84 Å². The first-order valence-electron chi connectivity index (χ1n) is 5.50. The van der Waals surface area contributed by atoms with E-state index in [-0.39, 0.29) is 0 Å². The second-order valence-electron chi connectivity index (χ2n) is 4.00. The van der Waals surface area contributed by atoms with Gasteiger partial charge >= 0.3 is 0 Å². The predicted octanol–water partition coefficient (Wildman–Crippen LogP) is 0.0725. The largest absolute Gasteiger partial charge is 0.396 e. The van der Waals surface area contributed by atoms with Gasteiger partial charge in [0.25, 0.3) is 10.0 Å². The van der Waals surface area contributed by atoms with Gasteiger partial charge in [0.15, 0.2) is 0 Å². The molecule has 1 saturated heterocycles. The van der Waals surface area contributed by atoms with Gasteiger partial charge in [0.1, 0.15) is 16.5 Å². The molecule has 2 rings (SSSR count). The van der Waals surface area contributed by atoms with Crippen molar-refractivity contribution in [2.75, 3.05) is 32.0 Å². The van der Waals surface area contributed by atoms with Crippen LogP contribution < -0.4 is 10.6 Å². The smallest absolute Gasteiger partial charge is 0.256 e. The maximum absolute atomic E-state index is 13.5. The number of rotatable bonds is 3. The number of halogens is 2. The van der Waals surface area contributed by atoms with Gasteiger partial charge in [-0.25, -0.2) is 22.2 Å². The Morgan fingerprint density at radius 1 is 1.21 bits per heavy atom. The number of nitrogens with one attached hydrogen (secondary N) is 1. The first-order valence-corrected chi connectivity index (χ1v) is 6.98. The molecule has 0 aromatic heterocycles. The van der Waals surface area contributed by atoms with Crippen molar-refractivity contribution in [1.29, 1.82) is 0 Å². The summed E-state index contributed by atoms with van der Waals surface area (Å²) in [6.07, 6.45) is 0. The molecule has 1 fully saturated rings. The van der Waals surface area contributed by atoms with E-state index in [1.807, 2.05) is 0 Å². The quantitative estimate of drug-likeness (QED) is 0.771. The minimum Gasteiger partial charge on any atom is -0.396 e. The molecule has 9 heteroatoms. The zero-order valence-electron chi connectivity index (χ0n) is 9.90. The lowest BCUT2D eigenvalue weighted by Gasteiger charge is -2.26. The molecule has 0 aliphatic carbocycles. The van der Waals surface area contributed by atoms with Gasteiger partial charge in [0.05, 0.1) is 18.9 Å². The number of nitrogens with two attached hydrogens (primary N) is 1. The van der Waals surface area contributed by atoms with Crippen molar-refractivity contribution in [3.05, 3.63) is 23.8 Å². The molecule has 1 heterocycles. The van der Waals surface area contributed by atoms with Gasteiger partial charge < -0.3 is 10.5 Å². The normalized spacial score (nSPS) is 17.6. The lowest BCUT2D eigenvalue weighted by molar-refractivity contribution is 0.0272. The summed E-state index contributed by atoms with van der Waals surface area (Å²) in [4.78, 5) is 1.52. The molecule has 1 aromatic rings. The van der Waals surface area contributed by atoms with Crippen LogP contribution in [0.2, 0.25) is 0 Å². The van der Waals surface area contributed by atoms with E-state index in [0.717, 1.165) is 6.07 Å². The fourth-order valence-corrected chi connectivity index (χ4v) is 2.84. The molecular formula is C10H13F2N3O3S. The number of nitrogens with zero attached hydrogens (tertiary/aromatic N) is 1. The van der Waals surface area contributed by atoms with Crippen LogP contribution in [-0.4, -0.2) is 39.7 Å². The lowest BCUT2D eigenvalue weighted by Crippen LogP contribution is -2.48. The third kappa shape index (κ3) is 3.18. The summed E-state index contributed by atoms with van der Waals surface area (Å²) in [5.41, 5.74) is 4.82. The van der Waals surface area contributed by atoms with Crippen LogP contribution in [0.25, 0.3) is 0 Å². The molecule has 1 aromatic carbocycles. The monoisotopic (exact) mass is 293 g/mol. The third-order valence-corrected chi connectivity index (χ3v) is 3.99. The molecule has 0 amide bonds. The predicted molar refractivity (Wildman–Crippen MR) is 63.5 cm³/mol. The van der Waals surface area contributed by atoms with Crippen LogP contribution in [0.4, 0.5) is 14.5 Å². The molecular weight excluding hydrogens is 280 g/mol. The second kappa shape index (κ2) is 5.37. The highest BCUT2D eigenvalue weighted by molar-refractivity contribution is 7.89. The Bertz CT molecular complexity index is 574. The fourth-order valence-electron chi connectivity index (χ4n) is 1.62. The van der Waals surface area contributed by atoms with Crippen LogP contribution in [0.15, 0.2) is 17.0 Å². The number of hydrogen-bond acceptors (Lipinski definition) is 5. The summed E-state index contributed by atoms with van der Waals surface area (Å²) in [5, 5.41) is 1.39. The Kier molecular flexibility index (Phi) is 3.99. The Balaban J connectivity index is 2.26. The molecule has 6 nitrogen and oxygen atoms in total. The van der Waals surface area contributed by atoms with Gasteiger partial charge in [-0.3, -0.25) is 0 Å². The Morgan fingerprint density at radius 2 is 1.84 bits per heavy atom. The SMILES string of the molecule is Nc1cc(S(=O)(=O)NN2CCOCC2)c(F)cc1F. The van der Waals surface area contributed by atoms with Crippen molar-refractivity contribution >= 4 is 15.7 Å². The molecule has 0 radical (unpaired) electrons. The van der Waals surface area contributed by atoms with Crippen LogP contribution >= 0.6 is 0 Å². The van der Waals surface area contributed by atoms with Crippen molar-refractivity contribution in [2.24, 2.45) is 0 Å². The van der Waals surface area contributed by atoms with E-state index < -0.39 is 32.2 Å². The Morgan fingerprint density at radius 3 is 2.47 bits per heavy atom. The summed E-state index contributed by atoms with van der Waals surface area (Å²) in [6.45, 7) is 1.43. The summed E-state index contributed by atoms with van der Waals surface area (Å²) < 4.78 is 55.5. The highest BCUT2D eigenvalue weighted by atomic mass is 32.2. The van der Waals surface area contributed by atoms with Gasteiger partial charge in [0.2, 0.25) is 0 Å². The van der Waals surface area contributed by atoms with E-state index in [1.54, 1.807) is 0 Å². The number of hydrazine groups is 1. The fraction of sp³-hybridized carbons (Fsp3) is 0.400. The number of sulfonamides is 1. The van der Waals surface area contributed by atoms with Gasteiger partial charge in [-0.1, -0.05) is 0 Å². The zero-order chi connectivity index (χ0) is 14.0. The molecule has 106 valence electrons. The highest BCUT2D eigenvalue weighted by Crippen LogP contribution is 2.21.